The molecule has 0 N–H and O–H groups in total. The van der Waals surface area contributed by atoms with Crippen molar-refractivity contribution < 1.29 is 4.42 Å². The van der Waals surface area contributed by atoms with Crippen LogP contribution in [0.25, 0.3) is 21.7 Å². The molecule has 0 fully saturated rings. The number of aryl methyl sites for hydroxylation is 2. The molecule has 1 aliphatic carbocycles. The van der Waals surface area contributed by atoms with E-state index >= 15 is 0 Å². The Morgan fingerprint density at radius 3 is 2.63 bits per heavy atom. The Morgan fingerprint density at radius 1 is 0.947 bits per heavy atom. The second kappa shape index (κ2) is 4.31. The van der Waals surface area contributed by atoms with Gasteiger partial charge in [0.05, 0.1) is 22.8 Å². The molecule has 0 saturated carbocycles. The maximum atomic E-state index is 6.23. The first-order chi connectivity index (χ1) is 9.33. The molecule has 2 aromatic carbocycles. The Balaban J connectivity index is 2.15. The molecule has 0 bridgehead atoms. The average molecular weight is 314 g/mol. The van der Waals surface area contributed by atoms with E-state index in [0.29, 0.717) is 0 Å². The number of benzene rings is 2. The molecule has 0 atom stereocenters. The zero-order valence-electron chi connectivity index (χ0n) is 10.6. The number of halogens is 1. The van der Waals surface area contributed by atoms with Crippen LogP contribution in [0.3, 0.4) is 0 Å². The highest BCUT2D eigenvalue weighted by atomic mass is 79.9. The third-order valence-corrected chi connectivity index (χ3v) is 4.64. The highest BCUT2D eigenvalue weighted by Gasteiger charge is 2.24. The molecule has 94 valence electrons. The van der Waals surface area contributed by atoms with Crippen molar-refractivity contribution in [3.05, 3.63) is 52.2 Å². The summed E-state index contributed by atoms with van der Waals surface area (Å²) in [4.78, 5) is 0. The fraction of sp³-hybridized carbons (Fsp3) is 0.235. The van der Waals surface area contributed by atoms with Crippen molar-refractivity contribution >= 4 is 37.7 Å². The summed E-state index contributed by atoms with van der Waals surface area (Å²) in [6, 6.07) is 12.9. The molecule has 0 spiro atoms. The average Bonchev–Trinajstić information content (AvgIpc) is 2.46. The highest BCUT2D eigenvalue weighted by molar-refractivity contribution is 9.10. The quantitative estimate of drug-likeness (QED) is 0.393. The fourth-order valence-corrected chi connectivity index (χ4v) is 3.62. The van der Waals surface area contributed by atoms with E-state index in [4.69, 9.17) is 4.42 Å². The zero-order valence-corrected chi connectivity index (χ0v) is 12.2. The van der Waals surface area contributed by atoms with Crippen LogP contribution in [0.5, 0.6) is 0 Å². The summed E-state index contributed by atoms with van der Waals surface area (Å²) in [7, 11) is 0. The molecule has 4 rings (SSSR count). The molecule has 0 aliphatic heterocycles. The van der Waals surface area contributed by atoms with Gasteiger partial charge in [-0.05, 0) is 37.5 Å². The minimum atomic E-state index is 1.03. The minimum absolute atomic E-state index is 1.03. The van der Waals surface area contributed by atoms with E-state index in [-0.39, 0.29) is 0 Å². The van der Waals surface area contributed by atoms with Crippen LogP contribution in [0.4, 0.5) is 0 Å². The predicted octanol–water partition coefficient (Wildman–Crippen LogP) is 5.51. The van der Waals surface area contributed by atoms with Crippen molar-refractivity contribution in [2.24, 2.45) is 0 Å². The Kier molecular flexibility index (Phi) is 2.59. The van der Waals surface area contributed by atoms with Gasteiger partial charge in [0.1, 0.15) is 0 Å². The van der Waals surface area contributed by atoms with Gasteiger partial charge in [-0.25, -0.2) is 4.42 Å². The van der Waals surface area contributed by atoms with Crippen LogP contribution < -0.4 is 0 Å². The van der Waals surface area contributed by atoms with Crippen LogP contribution >= 0.6 is 15.9 Å². The number of rotatable bonds is 0. The van der Waals surface area contributed by atoms with E-state index in [0.717, 1.165) is 22.9 Å². The topological polar surface area (TPSA) is 11.3 Å². The summed E-state index contributed by atoms with van der Waals surface area (Å²) in [5, 5.41) is 3.61. The lowest BCUT2D eigenvalue weighted by molar-refractivity contribution is 0.491. The molecule has 19 heavy (non-hydrogen) atoms. The summed E-state index contributed by atoms with van der Waals surface area (Å²) in [5.74, 6) is 1.19. The normalized spacial score (nSPS) is 14.8. The van der Waals surface area contributed by atoms with E-state index in [9.17, 15) is 0 Å². The number of hydrogen-bond donors (Lipinski definition) is 0. The second-order valence-electron chi connectivity index (χ2n) is 5.22. The van der Waals surface area contributed by atoms with E-state index in [1.54, 1.807) is 0 Å². The van der Waals surface area contributed by atoms with E-state index in [1.165, 1.54) is 40.3 Å². The first-order valence-electron chi connectivity index (χ1n) is 6.79. The lowest BCUT2D eigenvalue weighted by Gasteiger charge is -2.08. The Morgan fingerprint density at radius 2 is 1.74 bits per heavy atom. The lowest BCUT2D eigenvalue weighted by atomic mass is 9.95. The number of fused-ring (bicyclic) bond motifs is 4. The lowest BCUT2D eigenvalue weighted by Crippen LogP contribution is -2.02. The van der Waals surface area contributed by atoms with Crippen LogP contribution in [0.15, 0.2) is 45.3 Å². The predicted molar refractivity (Wildman–Crippen MR) is 82.5 cm³/mol. The molecule has 1 heterocycles. The van der Waals surface area contributed by atoms with Crippen LogP contribution in [0.2, 0.25) is 0 Å². The van der Waals surface area contributed by atoms with Gasteiger partial charge in [0, 0.05) is 9.86 Å². The SMILES string of the molecule is Brc1cc2cc3c([o+]c2c2ccccc12)CCCC3. The minimum Gasteiger partial charge on any atom is -0.211 e. The van der Waals surface area contributed by atoms with Gasteiger partial charge in [-0.2, -0.15) is 0 Å². The summed E-state index contributed by atoms with van der Waals surface area (Å²) >= 11 is 3.67. The van der Waals surface area contributed by atoms with E-state index in [1.807, 2.05) is 0 Å². The Bertz CT molecular complexity index is 792. The largest absolute Gasteiger partial charge is 0.368 e. The van der Waals surface area contributed by atoms with Crippen molar-refractivity contribution in [1.29, 1.82) is 0 Å². The molecule has 3 aromatic rings. The molecule has 0 saturated heterocycles. The smallest absolute Gasteiger partial charge is 0.211 e. The third kappa shape index (κ3) is 1.78. The molecule has 1 nitrogen and oxygen atoms in total. The molecule has 1 aromatic heterocycles. The maximum Gasteiger partial charge on any atom is 0.368 e. The van der Waals surface area contributed by atoms with Crippen LogP contribution in [-0.4, -0.2) is 0 Å². The van der Waals surface area contributed by atoms with Crippen LogP contribution in [0, 0.1) is 0 Å². The molecule has 0 amide bonds. The van der Waals surface area contributed by atoms with Gasteiger partial charge in [-0.1, -0.05) is 34.1 Å². The third-order valence-electron chi connectivity index (χ3n) is 3.99. The van der Waals surface area contributed by atoms with Crippen molar-refractivity contribution in [2.45, 2.75) is 25.7 Å². The first kappa shape index (κ1) is 11.4. The maximum absolute atomic E-state index is 6.23. The molecule has 2 heteroatoms. The highest BCUT2D eigenvalue weighted by Crippen LogP contribution is 2.35. The van der Waals surface area contributed by atoms with Crippen LogP contribution in [0.1, 0.15) is 24.2 Å². The monoisotopic (exact) mass is 313 g/mol. The van der Waals surface area contributed by atoms with E-state index in [2.05, 4.69) is 52.3 Å². The van der Waals surface area contributed by atoms with Gasteiger partial charge in [0.2, 0.25) is 0 Å². The number of hydrogen-bond acceptors (Lipinski definition) is 0. The van der Waals surface area contributed by atoms with Gasteiger partial charge in [-0.15, -0.1) is 0 Å². The van der Waals surface area contributed by atoms with Crippen molar-refractivity contribution in [3.8, 4) is 0 Å². The van der Waals surface area contributed by atoms with Gasteiger partial charge in [-0.3, -0.25) is 0 Å². The van der Waals surface area contributed by atoms with Gasteiger partial charge >= 0.3 is 11.3 Å². The molecular formula is C17H14BrO+. The zero-order chi connectivity index (χ0) is 12.8. The van der Waals surface area contributed by atoms with E-state index < -0.39 is 0 Å². The fourth-order valence-electron chi connectivity index (χ4n) is 3.03. The van der Waals surface area contributed by atoms with Gasteiger partial charge in [0.15, 0.2) is 0 Å². The molecule has 0 unspecified atom stereocenters. The second-order valence-corrected chi connectivity index (χ2v) is 6.08. The summed E-state index contributed by atoms with van der Waals surface area (Å²) in [6.07, 6.45) is 4.76. The summed E-state index contributed by atoms with van der Waals surface area (Å²) in [6.45, 7) is 0. The Labute approximate surface area is 120 Å². The van der Waals surface area contributed by atoms with Crippen molar-refractivity contribution in [3.63, 3.8) is 0 Å². The van der Waals surface area contributed by atoms with Crippen molar-refractivity contribution in [1.82, 2.24) is 0 Å². The van der Waals surface area contributed by atoms with Gasteiger partial charge < -0.3 is 0 Å². The van der Waals surface area contributed by atoms with Crippen molar-refractivity contribution in [2.75, 3.05) is 0 Å². The van der Waals surface area contributed by atoms with Gasteiger partial charge in [0.25, 0.3) is 0 Å². The molecule has 0 radical (unpaired) electrons. The standard InChI is InChI=1S/C17H14BrO/c18-15-10-12-9-11-5-1-4-8-16(11)19-17(12)14-7-3-2-6-13(14)15/h2-3,6-7,9-10H,1,4-5,8H2/q+1. The van der Waals surface area contributed by atoms with Crippen LogP contribution in [-0.2, 0) is 12.8 Å². The summed E-state index contributed by atoms with van der Waals surface area (Å²) < 4.78 is 7.37. The molecular weight excluding hydrogens is 300 g/mol. The molecule has 1 aliphatic rings. The summed E-state index contributed by atoms with van der Waals surface area (Å²) in [5.41, 5.74) is 2.42. The first-order valence-corrected chi connectivity index (χ1v) is 7.58. The Hall–Kier alpha value is -1.41.